The molecule has 0 spiro atoms. The summed E-state index contributed by atoms with van der Waals surface area (Å²) in [7, 11) is 0. The molecule has 1 amide bonds. The summed E-state index contributed by atoms with van der Waals surface area (Å²) in [6, 6.07) is 20.8. The summed E-state index contributed by atoms with van der Waals surface area (Å²) < 4.78 is 19.3. The number of allylic oxidation sites excluding steroid dienone is 2. The second-order valence-corrected chi connectivity index (χ2v) is 14.7. The van der Waals surface area contributed by atoms with E-state index in [0.29, 0.717) is 22.6 Å². The van der Waals surface area contributed by atoms with Crippen LogP contribution in [-0.4, -0.2) is 40.7 Å². The molecule has 0 bridgehead atoms. The number of anilines is 1. The molecule has 0 aliphatic carbocycles. The van der Waals surface area contributed by atoms with Gasteiger partial charge in [0.05, 0.1) is 5.56 Å². The van der Waals surface area contributed by atoms with Crippen LogP contribution < -0.4 is 10.1 Å². The Morgan fingerprint density at radius 1 is 0.786 bits per heavy atom. The second kappa shape index (κ2) is 24.8. The Morgan fingerprint density at radius 3 is 1.93 bits per heavy atom. The van der Waals surface area contributed by atoms with Crippen molar-refractivity contribution in [1.29, 1.82) is 0 Å². The number of rotatable bonds is 17. The normalized spacial score (nSPS) is 12.4. The molecule has 4 aromatic rings. The zero-order chi connectivity index (χ0) is 41.8. The molecule has 4 aromatic carbocycles. The van der Waals surface area contributed by atoms with E-state index in [4.69, 9.17) is 4.74 Å². The van der Waals surface area contributed by atoms with Crippen LogP contribution in [0.3, 0.4) is 0 Å². The van der Waals surface area contributed by atoms with E-state index in [1.807, 2.05) is 32.0 Å². The van der Waals surface area contributed by atoms with Crippen LogP contribution in [0.1, 0.15) is 129 Å². The number of nitrogens with one attached hydrogen (secondary N) is 1. The molecule has 2 unspecified atom stereocenters. The second-order valence-electron chi connectivity index (χ2n) is 14.7. The number of benzene rings is 4. The number of carbonyl (C=O) groups is 1. The molecule has 306 valence electrons. The minimum atomic E-state index is -0.425. The smallest absolute Gasteiger partial charge is 0.255 e. The van der Waals surface area contributed by atoms with Crippen LogP contribution in [0.25, 0.3) is 16.7 Å². The minimum absolute atomic E-state index is 0.153. The zero-order valence-corrected chi connectivity index (χ0v) is 36.1. The topological polar surface area (TPSA) is 82.0 Å². The fourth-order valence-electron chi connectivity index (χ4n) is 6.26. The van der Waals surface area contributed by atoms with Gasteiger partial charge in [-0.05, 0) is 136 Å². The predicted molar refractivity (Wildman–Crippen MR) is 236 cm³/mol. The summed E-state index contributed by atoms with van der Waals surface area (Å²) in [6.07, 6.45) is 7.44. The number of phenols is 2. The lowest BCUT2D eigenvalue weighted by molar-refractivity contribution is 0.102. The van der Waals surface area contributed by atoms with Crippen LogP contribution in [0, 0.1) is 24.6 Å². The van der Waals surface area contributed by atoms with Crippen molar-refractivity contribution in [2.75, 3.05) is 25.0 Å². The number of ether oxygens (including phenoxy) is 1. The molecule has 0 radical (unpaired) electrons. The van der Waals surface area contributed by atoms with Crippen LogP contribution >= 0.6 is 0 Å². The molecule has 4 rings (SSSR count). The van der Waals surface area contributed by atoms with Gasteiger partial charge in [0.1, 0.15) is 28.8 Å². The van der Waals surface area contributed by atoms with E-state index in [1.165, 1.54) is 98.4 Å². The molecule has 0 aliphatic heterocycles. The Kier molecular flexibility index (Phi) is 21.1. The van der Waals surface area contributed by atoms with Crippen LogP contribution in [0.4, 0.5) is 10.1 Å². The SMILES string of the molecule is CC.CCC/C(C)=C(/C)c1cc(Oc2ccc(C(=O)Nc3cc(O)c(-c4ccc(F)cc4)c(O)c3)cc2)ccc1C.CCCN(CCC(C)CC)CC(C)CC. The lowest BCUT2D eigenvalue weighted by Gasteiger charge is -2.25. The maximum Gasteiger partial charge on any atom is 0.255 e. The average Bonchev–Trinajstić information content (AvgIpc) is 3.19. The first-order valence-corrected chi connectivity index (χ1v) is 20.7. The van der Waals surface area contributed by atoms with Crippen LogP contribution in [0.5, 0.6) is 23.0 Å². The van der Waals surface area contributed by atoms with E-state index in [2.05, 4.69) is 72.5 Å². The van der Waals surface area contributed by atoms with E-state index in [9.17, 15) is 19.4 Å². The molecular formula is C49H69FN2O4. The summed E-state index contributed by atoms with van der Waals surface area (Å²) in [4.78, 5) is 15.5. The van der Waals surface area contributed by atoms with Gasteiger partial charge >= 0.3 is 0 Å². The first kappa shape index (κ1) is 47.5. The van der Waals surface area contributed by atoms with Crippen molar-refractivity contribution in [2.24, 2.45) is 11.8 Å². The quantitative estimate of drug-likeness (QED) is 0.0996. The Hall–Kier alpha value is -4.62. The first-order valence-electron chi connectivity index (χ1n) is 20.7. The van der Waals surface area contributed by atoms with Crippen LogP contribution in [-0.2, 0) is 0 Å². The number of hydrogen-bond donors (Lipinski definition) is 3. The van der Waals surface area contributed by atoms with Gasteiger partial charge in [-0.2, -0.15) is 0 Å². The van der Waals surface area contributed by atoms with Crippen molar-refractivity contribution in [3.63, 3.8) is 0 Å². The lowest BCUT2D eigenvalue weighted by Crippen LogP contribution is -2.31. The van der Waals surface area contributed by atoms with Gasteiger partial charge in [0.2, 0.25) is 0 Å². The van der Waals surface area contributed by atoms with Crippen molar-refractivity contribution in [3.05, 3.63) is 107 Å². The molecule has 0 aromatic heterocycles. The summed E-state index contributed by atoms with van der Waals surface area (Å²) in [5, 5.41) is 23.6. The number of nitrogens with zero attached hydrogens (tertiary/aromatic N) is 1. The Balaban J connectivity index is 0.000000538. The zero-order valence-electron chi connectivity index (χ0n) is 36.1. The highest BCUT2D eigenvalue weighted by Gasteiger charge is 2.15. The van der Waals surface area contributed by atoms with Gasteiger partial charge in [0.15, 0.2) is 0 Å². The van der Waals surface area contributed by atoms with Crippen molar-refractivity contribution in [2.45, 2.75) is 115 Å². The van der Waals surface area contributed by atoms with Gasteiger partial charge in [-0.15, -0.1) is 0 Å². The molecule has 2 atom stereocenters. The van der Waals surface area contributed by atoms with Gasteiger partial charge < -0.3 is 25.2 Å². The molecule has 0 aliphatic rings. The van der Waals surface area contributed by atoms with E-state index < -0.39 is 11.7 Å². The third kappa shape index (κ3) is 15.1. The third-order valence-corrected chi connectivity index (χ3v) is 10.2. The molecule has 0 fully saturated rings. The monoisotopic (exact) mass is 769 g/mol. The van der Waals surface area contributed by atoms with E-state index in [0.717, 1.165) is 30.2 Å². The average molecular weight is 769 g/mol. The molecular weight excluding hydrogens is 700 g/mol. The van der Waals surface area contributed by atoms with E-state index in [1.54, 1.807) is 24.3 Å². The molecule has 56 heavy (non-hydrogen) atoms. The molecule has 3 N–H and O–H groups in total. The summed E-state index contributed by atoms with van der Waals surface area (Å²) in [5.41, 5.74) is 6.16. The van der Waals surface area contributed by atoms with Gasteiger partial charge in [-0.1, -0.05) is 98.4 Å². The molecule has 0 saturated carbocycles. The fraction of sp³-hybridized carbons (Fsp3) is 0.449. The number of aromatic hydroxyl groups is 2. The Labute approximate surface area is 337 Å². The highest BCUT2D eigenvalue weighted by Crippen LogP contribution is 2.40. The first-order chi connectivity index (χ1) is 26.8. The van der Waals surface area contributed by atoms with Crippen LogP contribution in [0.15, 0.2) is 84.4 Å². The number of hydrogen-bond acceptors (Lipinski definition) is 5. The maximum absolute atomic E-state index is 13.2. The number of phenolic OH excluding ortho intramolecular Hbond substituents is 2. The Bertz CT molecular complexity index is 1780. The molecule has 7 heteroatoms. The van der Waals surface area contributed by atoms with Crippen molar-refractivity contribution >= 4 is 17.2 Å². The minimum Gasteiger partial charge on any atom is -0.507 e. The Morgan fingerprint density at radius 2 is 1.38 bits per heavy atom. The van der Waals surface area contributed by atoms with E-state index >= 15 is 0 Å². The summed E-state index contributed by atoms with van der Waals surface area (Å²) in [5.74, 6) is 1.72. The van der Waals surface area contributed by atoms with Gasteiger partial charge in [0.25, 0.3) is 5.91 Å². The fourth-order valence-corrected chi connectivity index (χ4v) is 6.26. The lowest BCUT2D eigenvalue weighted by atomic mass is 9.96. The van der Waals surface area contributed by atoms with Crippen molar-refractivity contribution < 1.29 is 24.1 Å². The predicted octanol–water partition coefficient (Wildman–Crippen LogP) is 14.1. The number of amides is 1. The maximum atomic E-state index is 13.2. The highest BCUT2D eigenvalue weighted by molar-refractivity contribution is 6.04. The summed E-state index contributed by atoms with van der Waals surface area (Å²) >= 11 is 0. The van der Waals surface area contributed by atoms with Gasteiger partial charge in [-0.25, -0.2) is 4.39 Å². The van der Waals surface area contributed by atoms with Gasteiger partial charge in [-0.3, -0.25) is 4.79 Å². The standard InChI is InChI=1S/C33H32FNO4.C14H31N.C2H6/c1-5-6-20(2)22(4)29-19-28(14-7-21(29)3)39-27-15-10-24(11-16-27)33(38)35-26-17-30(36)32(31(37)18-26)23-8-12-25(34)13-9-23;1-6-10-15(12-14(5)8-3)11-9-13(4)7-2;1-2/h7-19,36-37H,5-6H2,1-4H3,(H,35,38);13-14H,6-12H2,1-5H3;1-2H3/b22-20-;;. The third-order valence-electron chi connectivity index (χ3n) is 10.2. The largest absolute Gasteiger partial charge is 0.507 e. The number of carbonyl (C=O) groups excluding carboxylic acids is 1. The number of aryl methyl sites for hydroxylation is 1. The van der Waals surface area contributed by atoms with Crippen molar-refractivity contribution in [1.82, 2.24) is 4.90 Å². The van der Waals surface area contributed by atoms with Crippen LogP contribution in [0.2, 0.25) is 0 Å². The van der Waals surface area contributed by atoms with Gasteiger partial charge in [0, 0.05) is 29.9 Å². The van der Waals surface area contributed by atoms with Crippen molar-refractivity contribution in [3.8, 4) is 34.1 Å². The highest BCUT2D eigenvalue weighted by atomic mass is 19.1. The summed E-state index contributed by atoms with van der Waals surface area (Å²) in [6.45, 7) is 28.0. The molecule has 6 nitrogen and oxygen atoms in total. The molecule has 0 saturated heterocycles. The number of halogens is 1. The molecule has 0 heterocycles. The van der Waals surface area contributed by atoms with E-state index in [-0.39, 0.29) is 22.7 Å².